The van der Waals surface area contributed by atoms with E-state index in [9.17, 15) is 22.8 Å². The maximum absolute atomic E-state index is 13.9. The molecule has 0 atom stereocenters. The van der Waals surface area contributed by atoms with Crippen molar-refractivity contribution in [2.75, 3.05) is 32.8 Å². The Balaban J connectivity index is 1.48. The third kappa shape index (κ3) is 5.93. The summed E-state index contributed by atoms with van der Waals surface area (Å²) in [6, 6.07) is 10.1. The predicted molar refractivity (Wildman–Crippen MR) is 142 cm³/mol. The third-order valence-corrected chi connectivity index (χ3v) is 8.14. The van der Waals surface area contributed by atoms with Crippen LogP contribution in [0.1, 0.15) is 66.5 Å². The molecule has 2 amide bonds. The van der Waals surface area contributed by atoms with Crippen LogP contribution in [0.5, 0.6) is 5.75 Å². The van der Waals surface area contributed by atoms with Gasteiger partial charge in [-0.15, -0.1) is 0 Å². The molecule has 0 unspecified atom stereocenters. The van der Waals surface area contributed by atoms with E-state index in [0.29, 0.717) is 24.1 Å². The zero-order chi connectivity index (χ0) is 28.5. The zero-order valence-corrected chi connectivity index (χ0v) is 22.8. The van der Waals surface area contributed by atoms with Gasteiger partial charge in [0.15, 0.2) is 11.3 Å². The van der Waals surface area contributed by atoms with E-state index >= 15 is 0 Å². The van der Waals surface area contributed by atoms with Crippen molar-refractivity contribution in [1.29, 1.82) is 0 Å². The molecule has 0 radical (unpaired) electrons. The highest BCUT2D eigenvalue weighted by molar-refractivity contribution is 5.93. The molecule has 11 heteroatoms. The van der Waals surface area contributed by atoms with Gasteiger partial charge in [-0.1, -0.05) is 24.6 Å². The molecule has 1 fully saturated rings. The van der Waals surface area contributed by atoms with Crippen molar-refractivity contribution < 1.29 is 27.5 Å². The summed E-state index contributed by atoms with van der Waals surface area (Å²) in [5.41, 5.74) is -0.00939. The van der Waals surface area contributed by atoms with Crippen LogP contribution in [0.3, 0.4) is 0 Å². The molecule has 3 aromatic rings. The van der Waals surface area contributed by atoms with Crippen molar-refractivity contribution in [2.45, 2.75) is 58.5 Å². The van der Waals surface area contributed by atoms with Crippen LogP contribution in [0.2, 0.25) is 0 Å². The average Bonchev–Trinajstić information content (AvgIpc) is 3.33. The number of carbonyl (C=O) groups excluding carboxylic acids is 2. The number of likely N-dealkylation sites (tertiary alicyclic amines) is 1. The maximum atomic E-state index is 13.9. The Kier molecular flexibility index (Phi) is 7.74. The second-order valence-corrected chi connectivity index (χ2v) is 11.0. The van der Waals surface area contributed by atoms with Crippen molar-refractivity contribution in [3.8, 4) is 5.75 Å². The fourth-order valence-electron chi connectivity index (χ4n) is 5.94. The molecule has 0 N–H and O–H groups in total. The molecule has 40 heavy (non-hydrogen) atoms. The van der Waals surface area contributed by atoms with Crippen molar-refractivity contribution in [1.82, 2.24) is 24.4 Å². The monoisotopic (exact) mass is 557 g/mol. The highest BCUT2D eigenvalue weighted by Gasteiger charge is 2.39. The Bertz CT molecular complexity index is 1400. The fraction of sp³-hybridized carbons (Fsp3) is 0.517. The van der Waals surface area contributed by atoms with Crippen LogP contribution in [-0.2, 0) is 17.4 Å². The molecule has 1 saturated heterocycles. The molecule has 1 aromatic carbocycles. The lowest BCUT2D eigenvalue weighted by Gasteiger charge is -2.44. The normalized spacial score (nSPS) is 18.5. The Labute approximate surface area is 231 Å². The molecule has 214 valence electrons. The standard InChI is InChI=1S/C29H34F3N5O3/c1-20-17-25(29(30,31)32)37-26(33-20)18-23(34-37)27(39)36-15-16-40-24-9-4-3-7-22(24)8-5-6-10-28(19-36)11-13-35(14-12-28)21(2)38/h3-4,7,9,17-18H,5-6,8,10-16,19H2,1-2H3. The number of aromatic nitrogens is 3. The minimum Gasteiger partial charge on any atom is -0.491 e. The molecule has 0 saturated carbocycles. The number of nitrogens with zero attached hydrogens (tertiary/aromatic N) is 5. The summed E-state index contributed by atoms with van der Waals surface area (Å²) in [6.07, 6.45) is 0.532. The Hall–Kier alpha value is -3.63. The van der Waals surface area contributed by atoms with Crippen LogP contribution in [-0.4, -0.2) is 69.0 Å². The fourth-order valence-corrected chi connectivity index (χ4v) is 5.94. The molecular weight excluding hydrogens is 523 g/mol. The quantitative estimate of drug-likeness (QED) is 0.424. The van der Waals surface area contributed by atoms with Gasteiger partial charge in [-0.05, 0) is 62.1 Å². The first-order valence-electron chi connectivity index (χ1n) is 13.7. The number of piperidine rings is 1. The van der Waals surface area contributed by atoms with Gasteiger partial charge in [0.1, 0.15) is 18.1 Å². The van der Waals surface area contributed by atoms with Gasteiger partial charge in [0.25, 0.3) is 5.91 Å². The SMILES string of the molecule is CC(=O)N1CCC2(CCCCc3ccccc3OCCN(C(=O)c3cc4nc(C)cc(C(F)(F)F)n4n3)C2)CC1. The van der Waals surface area contributed by atoms with Gasteiger partial charge in [-0.2, -0.15) is 18.3 Å². The number of hydrogen-bond acceptors (Lipinski definition) is 5. The highest BCUT2D eigenvalue weighted by Crippen LogP contribution is 2.39. The number of carbonyl (C=O) groups is 2. The van der Waals surface area contributed by atoms with E-state index in [4.69, 9.17) is 4.74 Å². The second-order valence-electron chi connectivity index (χ2n) is 11.0. The van der Waals surface area contributed by atoms with Gasteiger partial charge in [0.05, 0.1) is 6.54 Å². The molecule has 1 spiro atoms. The number of ether oxygens (including phenoxy) is 1. The Morgan fingerprint density at radius 1 is 1.00 bits per heavy atom. The average molecular weight is 558 g/mol. The van der Waals surface area contributed by atoms with Crippen LogP contribution in [0, 0.1) is 12.3 Å². The van der Waals surface area contributed by atoms with E-state index in [1.165, 1.54) is 13.0 Å². The summed E-state index contributed by atoms with van der Waals surface area (Å²) in [5, 5.41) is 4.08. The van der Waals surface area contributed by atoms with Crippen LogP contribution >= 0.6 is 0 Å². The van der Waals surface area contributed by atoms with E-state index in [1.807, 2.05) is 23.1 Å². The van der Waals surface area contributed by atoms with Crippen molar-refractivity contribution in [3.05, 3.63) is 59.0 Å². The predicted octanol–water partition coefficient (Wildman–Crippen LogP) is 4.93. The number of hydrogen-bond donors (Lipinski definition) is 0. The van der Waals surface area contributed by atoms with Crippen molar-refractivity contribution in [2.24, 2.45) is 5.41 Å². The van der Waals surface area contributed by atoms with Gasteiger partial charge >= 0.3 is 6.18 Å². The molecule has 8 nitrogen and oxygen atoms in total. The van der Waals surface area contributed by atoms with Crippen molar-refractivity contribution >= 4 is 17.5 Å². The molecule has 5 rings (SSSR count). The number of benzene rings is 1. The lowest BCUT2D eigenvalue weighted by Crippen LogP contribution is -2.49. The van der Waals surface area contributed by atoms with Gasteiger partial charge < -0.3 is 14.5 Å². The Morgan fingerprint density at radius 2 is 1.75 bits per heavy atom. The second kappa shape index (κ2) is 11.1. The van der Waals surface area contributed by atoms with E-state index in [-0.39, 0.29) is 41.5 Å². The van der Waals surface area contributed by atoms with Crippen LogP contribution < -0.4 is 4.74 Å². The molecule has 0 aliphatic carbocycles. The number of alkyl halides is 3. The first kappa shape index (κ1) is 27.9. The van der Waals surface area contributed by atoms with Gasteiger partial charge in [-0.25, -0.2) is 9.50 Å². The van der Waals surface area contributed by atoms with E-state index in [0.717, 1.165) is 55.9 Å². The van der Waals surface area contributed by atoms with E-state index in [2.05, 4.69) is 16.1 Å². The zero-order valence-electron chi connectivity index (χ0n) is 22.8. The number of fused-ring (bicyclic) bond motifs is 2. The third-order valence-electron chi connectivity index (χ3n) is 8.14. The smallest absolute Gasteiger partial charge is 0.433 e. The molecule has 2 aliphatic heterocycles. The number of amides is 2. The lowest BCUT2D eigenvalue weighted by molar-refractivity contribution is -0.142. The molecule has 0 bridgehead atoms. The number of rotatable bonds is 1. The van der Waals surface area contributed by atoms with Crippen LogP contribution in [0.25, 0.3) is 5.65 Å². The van der Waals surface area contributed by atoms with E-state index < -0.39 is 17.8 Å². The minimum absolute atomic E-state index is 0.0281. The topological polar surface area (TPSA) is 80.0 Å². The summed E-state index contributed by atoms with van der Waals surface area (Å²) < 4.78 is 48.0. The van der Waals surface area contributed by atoms with Crippen LogP contribution in [0.15, 0.2) is 36.4 Å². The summed E-state index contributed by atoms with van der Waals surface area (Å²) in [6.45, 7) is 5.17. The molecule has 4 heterocycles. The number of aryl methyl sites for hydroxylation is 2. The van der Waals surface area contributed by atoms with E-state index in [1.54, 1.807) is 11.8 Å². The first-order chi connectivity index (χ1) is 19.0. The van der Waals surface area contributed by atoms with Gasteiger partial charge in [0.2, 0.25) is 5.91 Å². The largest absolute Gasteiger partial charge is 0.491 e. The van der Waals surface area contributed by atoms with Gasteiger partial charge in [-0.3, -0.25) is 9.59 Å². The Morgan fingerprint density at radius 3 is 2.48 bits per heavy atom. The highest BCUT2D eigenvalue weighted by atomic mass is 19.4. The molecule has 2 aromatic heterocycles. The minimum atomic E-state index is -4.65. The summed E-state index contributed by atoms with van der Waals surface area (Å²) >= 11 is 0. The summed E-state index contributed by atoms with van der Waals surface area (Å²) in [4.78, 5) is 33.6. The molecule has 2 aliphatic rings. The first-order valence-corrected chi connectivity index (χ1v) is 13.7. The maximum Gasteiger partial charge on any atom is 0.433 e. The lowest BCUT2D eigenvalue weighted by atomic mass is 9.73. The van der Waals surface area contributed by atoms with Crippen LogP contribution in [0.4, 0.5) is 13.2 Å². The number of halogens is 3. The number of para-hydroxylation sites is 1. The van der Waals surface area contributed by atoms with Gasteiger partial charge in [0, 0.05) is 38.3 Å². The summed E-state index contributed by atoms with van der Waals surface area (Å²) in [5.74, 6) is 0.356. The summed E-state index contributed by atoms with van der Waals surface area (Å²) in [7, 11) is 0. The molecular formula is C29H34F3N5O3. The van der Waals surface area contributed by atoms with Crippen molar-refractivity contribution in [3.63, 3.8) is 0 Å².